The maximum atomic E-state index is 12.4. The zero-order valence-corrected chi connectivity index (χ0v) is 44.8. The van der Waals surface area contributed by atoms with Gasteiger partial charge in [0.25, 0.3) is 56.3 Å². The number of nitrogens with zero attached hydrogens (tertiary/aromatic N) is 8. The maximum Gasteiger partial charge on any atom is 0.425 e. The number of nitro groups is 1. The van der Waals surface area contributed by atoms with E-state index in [4.69, 9.17) is 22.9 Å². The van der Waals surface area contributed by atoms with Gasteiger partial charge in [-0.15, -0.1) is 51.5 Å². The zero-order valence-electron chi connectivity index (χ0n) is 38.3. The molecule has 40 heteroatoms. The molecule has 5 aromatic rings. The highest BCUT2D eigenvalue weighted by Gasteiger charge is 2.22. The molecule has 0 amide bonds. The van der Waals surface area contributed by atoms with Crippen LogP contribution in [0.4, 0.5) is 63.3 Å². The number of rotatable bonds is 25. The first-order chi connectivity index (χ1) is 35.2. The first-order valence-electron chi connectivity index (χ1n) is 20.3. The van der Waals surface area contributed by atoms with E-state index in [-0.39, 0.29) is 69.6 Å². The number of aryl methyl sites for hydroxylation is 1. The largest absolute Gasteiger partial charge is 0.425 e. The number of nitrogens with two attached hydrogens (primary N) is 1. The van der Waals surface area contributed by atoms with Gasteiger partial charge < -0.3 is 21.7 Å². The van der Waals surface area contributed by atoms with Crippen molar-refractivity contribution in [3.8, 4) is 0 Å². The van der Waals surface area contributed by atoms with Crippen LogP contribution >= 0.6 is 23.5 Å². The third kappa shape index (κ3) is 21.7. The van der Waals surface area contributed by atoms with Crippen molar-refractivity contribution in [1.29, 1.82) is 0 Å². The van der Waals surface area contributed by atoms with E-state index in [1.165, 1.54) is 36.0 Å². The molecule has 0 radical (unpaired) electrons. The minimum Gasteiger partial charge on any atom is -0.398 e. The quantitative estimate of drug-likeness (QED) is 0.00660. The molecule has 0 bridgehead atoms. The molecule has 1 aromatic heterocycles. The van der Waals surface area contributed by atoms with Gasteiger partial charge in [-0.2, -0.15) is 62.2 Å². The SMILES string of the molecule is Cc1cc(N)c(SCCCS(=O)(=O)O)cc1N=Nc1cc(Nc2nc(NCCS(=O)(=O)O)nc(Nc3cccc(S(=O)(=O)O)c3)n2)c(N=Nc2ccc([N+](=O)[O-])cc2S(=O)(=O)O)cc1SCCCS(=O)(=O)O.O=S(=O)=O. The van der Waals surface area contributed by atoms with E-state index in [9.17, 15) is 70.4 Å². The van der Waals surface area contributed by atoms with E-state index >= 15 is 0 Å². The maximum absolute atomic E-state index is 12.4. The molecular formula is C36H40N12O20S8. The van der Waals surface area contributed by atoms with Crippen LogP contribution in [0.15, 0.2) is 107 Å². The molecule has 0 fully saturated rings. The predicted octanol–water partition coefficient (Wildman–Crippen LogP) is 5.52. The summed E-state index contributed by atoms with van der Waals surface area (Å²) < 4.78 is 190. The van der Waals surface area contributed by atoms with Crippen LogP contribution in [0.3, 0.4) is 0 Å². The smallest absolute Gasteiger partial charge is 0.398 e. The van der Waals surface area contributed by atoms with Crippen LogP contribution in [0.1, 0.15) is 18.4 Å². The molecule has 76 heavy (non-hydrogen) atoms. The summed E-state index contributed by atoms with van der Waals surface area (Å²) in [7, 11) is -26.1. The highest BCUT2D eigenvalue weighted by Crippen LogP contribution is 2.43. The number of thioether (sulfide) groups is 2. The van der Waals surface area contributed by atoms with Crippen LogP contribution in [-0.2, 0) is 61.2 Å². The molecule has 0 aliphatic heterocycles. The molecule has 0 saturated heterocycles. The van der Waals surface area contributed by atoms with E-state index < -0.39 is 117 Å². The van der Waals surface area contributed by atoms with Crippen molar-refractivity contribution in [2.75, 3.05) is 57.0 Å². The summed E-state index contributed by atoms with van der Waals surface area (Å²) >= 11 is 2.15. The molecule has 0 unspecified atom stereocenters. The zero-order chi connectivity index (χ0) is 56.8. The fourth-order valence-electron chi connectivity index (χ4n) is 5.68. The van der Waals surface area contributed by atoms with Crippen LogP contribution in [0.25, 0.3) is 0 Å². The molecule has 0 spiro atoms. The van der Waals surface area contributed by atoms with Crippen molar-refractivity contribution < 1.29 is 82.4 Å². The summed E-state index contributed by atoms with van der Waals surface area (Å²) in [4.78, 5) is 22.4. The lowest BCUT2D eigenvalue weighted by Gasteiger charge is -2.14. The average Bonchev–Trinajstić information content (AvgIpc) is 3.27. The van der Waals surface area contributed by atoms with Gasteiger partial charge in [0.2, 0.25) is 17.8 Å². The molecule has 0 aliphatic rings. The molecule has 0 saturated carbocycles. The molecule has 412 valence electrons. The topological polar surface area (TPSA) is 516 Å². The van der Waals surface area contributed by atoms with E-state index in [0.29, 0.717) is 22.2 Å². The first-order valence-corrected chi connectivity index (χ1v) is 31.0. The number of aromatic nitrogens is 3. The van der Waals surface area contributed by atoms with Crippen molar-refractivity contribution in [3.05, 3.63) is 82.4 Å². The van der Waals surface area contributed by atoms with Crippen LogP contribution in [0.5, 0.6) is 0 Å². The normalized spacial score (nSPS) is 12.3. The van der Waals surface area contributed by atoms with Crippen LogP contribution in [0.2, 0.25) is 0 Å². The number of nitrogens with one attached hydrogen (secondary N) is 3. The van der Waals surface area contributed by atoms with Gasteiger partial charge in [0.1, 0.15) is 22.0 Å². The summed E-state index contributed by atoms with van der Waals surface area (Å²) in [5, 5.41) is 36.6. The summed E-state index contributed by atoms with van der Waals surface area (Å²) in [6, 6.07) is 12.8. The lowest BCUT2D eigenvalue weighted by molar-refractivity contribution is -0.385. The number of nitrogen functional groups attached to an aromatic ring is 1. The van der Waals surface area contributed by atoms with Gasteiger partial charge in [-0.05, 0) is 85.4 Å². The predicted molar refractivity (Wildman–Crippen MR) is 274 cm³/mol. The Hall–Kier alpha value is -6.44. The second-order valence-electron chi connectivity index (χ2n) is 14.7. The standard InChI is InChI=1S/C36H40N12O17S7.O3S/c1-21-15-25(37)31(66-10-3-12-68(51,52)53)19-27(21)45-47-30-18-28(40-36-42-34(38-9-14-70(57,58)59)41-35(43-36)39-22-5-2-6-24(16-22)71(60,61)62)29(20-32(30)67-11-4-13-69(54,55)56)46-44-26-8-7-23(48(49)50)17-33(26)72(63,64)65;1-4(2)3/h2,5-8,15-20H,3-4,9-14,37H2,1H3,(H,51,52,53)(H,54,55,56)(H,57,58,59)(H,60,61,62)(H,63,64,65)(H3,38,39,40,41,42,43);. The van der Waals surface area contributed by atoms with Crippen molar-refractivity contribution in [2.24, 2.45) is 20.5 Å². The second kappa shape index (κ2) is 26.6. The molecule has 4 aromatic carbocycles. The van der Waals surface area contributed by atoms with E-state index in [1.807, 2.05) is 0 Å². The fraction of sp³-hybridized carbons (Fsp3) is 0.250. The minimum absolute atomic E-state index is 0.00165. The molecule has 0 atom stereocenters. The second-order valence-corrected chi connectivity index (χ2v) is 25.0. The Balaban J connectivity index is 0.00000301. The fourth-order valence-corrected chi connectivity index (χ4v) is 10.5. The average molecular weight is 1220 g/mol. The van der Waals surface area contributed by atoms with Crippen LogP contribution < -0.4 is 21.7 Å². The lowest BCUT2D eigenvalue weighted by Crippen LogP contribution is -2.17. The minimum atomic E-state index is -5.17. The van der Waals surface area contributed by atoms with E-state index in [1.54, 1.807) is 19.1 Å². The van der Waals surface area contributed by atoms with Crippen molar-refractivity contribution in [3.63, 3.8) is 0 Å². The Labute approximate surface area is 441 Å². The lowest BCUT2D eigenvalue weighted by atomic mass is 10.2. The van der Waals surface area contributed by atoms with Crippen molar-refractivity contribution in [1.82, 2.24) is 15.0 Å². The van der Waals surface area contributed by atoms with Crippen molar-refractivity contribution in [2.45, 2.75) is 39.3 Å². The van der Waals surface area contributed by atoms with Crippen LogP contribution in [0, 0.1) is 17.0 Å². The molecule has 32 nitrogen and oxygen atoms in total. The highest BCUT2D eigenvalue weighted by atomic mass is 32.2. The van der Waals surface area contributed by atoms with E-state index in [0.717, 1.165) is 36.0 Å². The number of hydrogen-bond donors (Lipinski definition) is 9. The molecular weight excluding hydrogens is 1180 g/mol. The number of hydrogen-bond acceptors (Lipinski definition) is 28. The first kappa shape index (κ1) is 62.1. The summed E-state index contributed by atoms with van der Waals surface area (Å²) in [5.74, 6) is -2.83. The Morgan fingerprint density at radius 3 is 1.72 bits per heavy atom. The molecule has 0 aliphatic carbocycles. The van der Waals surface area contributed by atoms with Gasteiger partial charge in [-0.3, -0.25) is 32.9 Å². The highest BCUT2D eigenvalue weighted by molar-refractivity contribution is 7.99. The summed E-state index contributed by atoms with van der Waals surface area (Å²) in [6.07, 6.45) is -0.0253. The summed E-state index contributed by atoms with van der Waals surface area (Å²) in [6.45, 7) is 1.19. The third-order valence-corrected chi connectivity index (χ3v) is 15.2. The van der Waals surface area contributed by atoms with Gasteiger partial charge in [0.05, 0.1) is 38.5 Å². The van der Waals surface area contributed by atoms with Crippen LogP contribution in [-0.4, -0.2) is 133 Å². The number of nitro benzene ring substituents is 1. The molecule has 1 heterocycles. The Kier molecular flexibility index (Phi) is 21.7. The van der Waals surface area contributed by atoms with Gasteiger partial charge in [-0.25, -0.2) is 0 Å². The number of anilines is 6. The Morgan fingerprint density at radius 2 is 1.16 bits per heavy atom. The van der Waals surface area contributed by atoms with Gasteiger partial charge in [0, 0.05) is 39.8 Å². The number of azo groups is 2. The number of benzene rings is 4. The van der Waals surface area contributed by atoms with Crippen molar-refractivity contribution >= 4 is 148 Å². The molecule has 5 rings (SSSR count). The summed E-state index contributed by atoms with van der Waals surface area (Å²) in [5.41, 5.74) is 5.63. The Bertz CT molecular complexity index is 3760. The Morgan fingerprint density at radius 1 is 0.632 bits per heavy atom. The van der Waals surface area contributed by atoms with Gasteiger partial charge in [0.15, 0.2) is 0 Å². The molecule has 10 N–H and O–H groups in total. The number of non-ortho nitro benzene ring substituents is 1. The van der Waals surface area contributed by atoms with Gasteiger partial charge >= 0.3 is 10.6 Å². The van der Waals surface area contributed by atoms with Gasteiger partial charge in [-0.1, -0.05) is 6.07 Å². The third-order valence-electron chi connectivity index (χ3n) is 8.89. The monoisotopic (exact) mass is 1220 g/mol. The van der Waals surface area contributed by atoms with E-state index in [2.05, 4.69) is 51.4 Å².